The van der Waals surface area contributed by atoms with E-state index in [4.69, 9.17) is 5.73 Å². The molecule has 128 valence electrons. The van der Waals surface area contributed by atoms with Crippen LogP contribution in [0.2, 0.25) is 0 Å². The van der Waals surface area contributed by atoms with Gasteiger partial charge in [0.05, 0.1) is 6.04 Å². The molecule has 4 atom stereocenters. The lowest BCUT2D eigenvalue weighted by molar-refractivity contribution is -0.137. The van der Waals surface area contributed by atoms with Crippen molar-refractivity contribution < 1.29 is 4.79 Å². The Kier molecular flexibility index (Phi) is 6.14. The van der Waals surface area contributed by atoms with Crippen LogP contribution in [0.25, 0.3) is 0 Å². The summed E-state index contributed by atoms with van der Waals surface area (Å²) in [5, 5.41) is 0. The first-order chi connectivity index (χ1) is 10.1. The molecule has 3 rings (SSSR count). The predicted octanol–water partition coefficient (Wildman–Crippen LogP) is 2.26. The van der Waals surface area contributed by atoms with Crippen molar-refractivity contribution >= 4 is 18.3 Å². The lowest BCUT2D eigenvalue weighted by Crippen LogP contribution is -2.58. The normalized spacial score (nSPS) is 31.9. The van der Waals surface area contributed by atoms with Gasteiger partial charge in [-0.05, 0) is 50.5 Å². The molecule has 2 N–H and O–H groups in total. The van der Waals surface area contributed by atoms with Crippen molar-refractivity contribution in [3.8, 4) is 0 Å². The average molecular weight is 330 g/mol. The number of rotatable bonds is 4. The van der Waals surface area contributed by atoms with Gasteiger partial charge in [-0.15, -0.1) is 12.4 Å². The third kappa shape index (κ3) is 3.60. The van der Waals surface area contributed by atoms with E-state index in [-0.39, 0.29) is 30.3 Å². The minimum absolute atomic E-state index is 0. The maximum absolute atomic E-state index is 12.6. The van der Waals surface area contributed by atoms with Crippen molar-refractivity contribution in [2.75, 3.05) is 19.6 Å². The van der Waals surface area contributed by atoms with E-state index in [9.17, 15) is 4.79 Å². The van der Waals surface area contributed by atoms with Crippen LogP contribution in [0, 0.1) is 11.8 Å². The van der Waals surface area contributed by atoms with Gasteiger partial charge in [-0.3, -0.25) is 9.69 Å². The zero-order valence-electron chi connectivity index (χ0n) is 14.0. The lowest BCUT2D eigenvalue weighted by Gasteiger charge is -2.48. The van der Waals surface area contributed by atoms with Gasteiger partial charge in [-0.1, -0.05) is 20.3 Å². The van der Waals surface area contributed by atoms with Crippen LogP contribution in [0.1, 0.15) is 52.4 Å². The summed E-state index contributed by atoms with van der Waals surface area (Å²) in [5.41, 5.74) is 6.15. The van der Waals surface area contributed by atoms with Gasteiger partial charge in [0.1, 0.15) is 0 Å². The summed E-state index contributed by atoms with van der Waals surface area (Å²) in [7, 11) is 0. The van der Waals surface area contributed by atoms with Crippen LogP contribution in [0.5, 0.6) is 0 Å². The van der Waals surface area contributed by atoms with Crippen LogP contribution >= 0.6 is 12.4 Å². The van der Waals surface area contributed by atoms with Crippen molar-refractivity contribution in [1.29, 1.82) is 0 Å². The van der Waals surface area contributed by atoms with Crippen LogP contribution in [0.15, 0.2) is 0 Å². The van der Waals surface area contributed by atoms with E-state index in [0.717, 1.165) is 38.0 Å². The molecule has 0 spiro atoms. The van der Waals surface area contributed by atoms with E-state index in [1.165, 1.54) is 32.2 Å². The molecule has 2 heterocycles. The lowest BCUT2D eigenvalue weighted by atomic mass is 9.83. The molecule has 22 heavy (non-hydrogen) atoms. The molecule has 0 radical (unpaired) electrons. The van der Waals surface area contributed by atoms with Crippen molar-refractivity contribution in [2.45, 2.75) is 70.5 Å². The van der Waals surface area contributed by atoms with Gasteiger partial charge < -0.3 is 10.6 Å². The molecule has 0 bridgehead atoms. The number of halogens is 1. The Hall–Kier alpha value is -0.320. The number of hydrogen-bond acceptors (Lipinski definition) is 3. The highest BCUT2D eigenvalue weighted by molar-refractivity contribution is 5.85. The van der Waals surface area contributed by atoms with Gasteiger partial charge in [0.2, 0.25) is 5.91 Å². The molecule has 0 aromatic heterocycles. The van der Waals surface area contributed by atoms with E-state index in [1.807, 2.05) is 0 Å². The highest BCUT2D eigenvalue weighted by Crippen LogP contribution is 2.38. The molecule has 1 aliphatic carbocycles. The summed E-state index contributed by atoms with van der Waals surface area (Å²) in [6, 6.07) is 1.28. The van der Waals surface area contributed by atoms with Gasteiger partial charge >= 0.3 is 0 Å². The zero-order valence-corrected chi connectivity index (χ0v) is 14.9. The minimum Gasteiger partial charge on any atom is -0.341 e. The van der Waals surface area contributed by atoms with Gasteiger partial charge in [0.15, 0.2) is 0 Å². The third-order valence-electron chi connectivity index (χ3n) is 5.98. The van der Waals surface area contributed by atoms with Crippen LogP contribution < -0.4 is 5.73 Å². The smallest absolute Gasteiger partial charge is 0.239 e. The summed E-state index contributed by atoms with van der Waals surface area (Å²) in [6.07, 6.45) is 7.51. The monoisotopic (exact) mass is 329 g/mol. The average Bonchev–Trinajstić information content (AvgIpc) is 3.36. The number of hydrogen-bond donors (Lipinski definition) is 1. The molecule has 3 aliphatic rings. The van der Waals surface area contributed by atoms with Crippen LogP contribution in [-0.4, -0.2) is 53.5 Å². The van der Waals surface area contributed by atoms with Gasteiger partial charge in [-0.2, -0.15) is 0 Å². The van der Waals surface area contributed by atoms with E-state index in [2.05, 4.69) is 23.6 Å². The van der Waals surface area contributed by atoms with Crippen LogP contribution in [0.4, 0.5) is 0 Å². The van der Waals surface area contributed by atoms with Crippen molar-refractivity contribution in [1.82, 2.24) is 9.80 Å². The summed E-state index contributed by atoms with van der Waals surface area (Å²) >= 11 is 0. The largest absolute Gasteiger partial charge is 0.341 e. The number of carbonyl (C=O) groups excluding carboxylic acids is 1. The Morgan fingerprint density at radius 1 is 1.23 bits per heavy atom. The highest BCUT2D eigenvalue weighted by atomic mass is 35.5. The molecule has 2 saturated heterocycles. The Balaban J connectivity index is 0.00000176. The first-order valence-corrected chi connectivity index (χ1v) is 8.92. The topological polar surface area (TPSA) is 49.6 Å². The predicted molar refractivity (Wildman–Crippen MR) is 92.1 cm³/mol. The Labute approximate surface area is 141 Å². The summed E-state index contributed by atoms with van der Waals surface area (Å²) in [5.74, 6) is 1.15. The second-order valence-corrected chi connectivity index (χ2v) is 7.42. The molecule has 4 nitrogen and oxygen atoms in total. The van der Waals surface area contributed by atoms with Crippen molar-refractivity contribution in [2.24, 2.45) is 17.6 Å². The minimum atomic E-state index is -0.310. The number of likely N-dealkylation sites (tertiary alicyclic amines) is 2. The molecule has 4 unspecified atom stereocenters. The summed E-state index contributed by atoms with van der Waals surface area (Å²) in [4.78, 5) is 17.4. The van der Waals surface area contributed by atoms with E-state index < -0.39 is 0 Å². The van der Waals surface area contributed by atoms with Gasteiger partial charge in [-0.25, -0.2) is 0 Å². The fourth-order valence-corrected chi connectivity index (χ4v) is 4.21. The van der Waals surface area contributed by atoms with Gasteiger partial charge in [0, 0.05) is 25.2 Å². The SMILES string of the molecule is CCC(C)C(N)C(=O)N1CCC2C(CCCN2C2CC2)C1.Cl. The second-order valence-electron chi connectivity index (χ2n) is 7.42. The van der Waals surface area contributed by atoms with Crippen molar-refractivity contribution in [3.05, 3.63) is 0 Å². The number of fused-ring (bicyclic) bond motifs is 1. The third-order valence-corrected chi connectivity index (χ3v) is 5.98. The number of carbonyl (C=O) groups is 1. The van der Waals surface area contributed by atoms with E-state index >= 15 is 0 Å². The molecule has 1 amide bonds. The first-order valence-electron chi connectivity index (χ1n) is 8.92. The molecular weight excluding hydrogens is 298 g/mol. The molecule has 0 aromatic carbocycles. The first kappa shape index (κ1) is 18.0. The second kappa shape index (κ2) is 7.50. The fraction of sp³-hybridized carbons (Fsp3) is 0.941. The maximum Gasteiger partial charge on any atom is 0.239 e. The van der Waals surface area contributed by atoms with Crippen molar-refractivity contribution in [3.63, 3.8) is 0 Å². The molecular formula is C17H32ClN3O. The highest BCUT2D eigenvalue weighted by Gasteiger charge is 2.43. The molecule has 0 aromatic rings. The van der Waals surface area contributed by atoms with Crippen LogP contribution in [0.3, 0.4) is 0 Å². The number of nitrogens with two attached hydrogens (primary N) is 1. The van der Waals surface area contributed by atoms with E-state index in [1.54, 1.807) is 0 Å². The Morgan fingerprint density at radius 2 is 1.95 bits per heavy atom. The molecule has 5 heteroatoms. The van der Waals surface area contributed by atoms with Gasteiger partial charge in [0.25, 0.3) is 0 Å². The Morgan fingerprint density at radius 3 is 2.59 bits per heavy atom. The van der Waals surface area contributed by atoms with E-state index in [0.29, 0.717) is 5.92 Å². The van der Waals surface area contributed by atoms with Crippen LogP contribution in [-0.2, 0) is 4.79 Å². The maximum atomic E-state index is 12.6. The molecule has 1 saturated carbocycles. The quantitative estimate of drug-likeness (QED) is 0.860. The number of amides is 1. The Bertz CT molecular complexity index is 388. The standard InChI is InChI=1S/C17H31N3O.ClH/c1-3-12(2)16(18)17(21)19-10-8-15-13(11-19)5-4-9-20(15)14-6-7-14;/h12-16H,3-11,18H2,1-2H3;1H. The molecule has 2 aliphatic heterocycles. The number of nitrogens with zero attached hydrogens (tertiary/aromatic N) is 2. The fourth-order valence-electron chi connectivity index (χ4n) is 4.21. The number of piperidine rings is 2. The summed E-state index contributed by atoms with van der Waals surface area (Å²) < 4.78 is 0. The molecule has 3 fully saturated rings. The summed E-state index contributed by atoms with van der Waals surface area (Å²) in [6.45, 7) is 7.33. The zero-order chi connectivity index (χ0) is 15.0.